The Balaban J connectivity index is 0.000000196. The number of benzene rings is 2. The van der Waals surface area contributed by atoms with E-state index in [1.807, 2.05) is 24.4 Å². The molecule has 18 nitrogen and oxygen atoms in total. The number of halogens is 9. The molecular formula is C61H67BrCl2F6N12O6. The van der Waals surface area contributed by atoms with Gasteiger partial charge in [-0.3, -0.25) is 24.6 Å². The van der Waals surface area contributed by atoms with E-state index in [1.165, 1.54) is 57.0 Å². The van der Waals surface area contributed by atoms with E-state index in [0.29, 0.717) is 48.7 Å². The van der Waals surface area contributed by atoms with E-state index in [4.69, 9.17) is 32.9 Å². The minimum atomic E-state index is -5.10. The lowest BCUT2D eigenvalue weighted by atomic mass is 9.82. The fourth-order valence-electron chi connectivity index (χ4n) is 10.4. The molecule has 0 bridgehead atoms. The third kappa shape index (κ3) is 15.2. The summed E-state index contributed by atoms with van der Waals surface area (Å²) in [5, 5.41) is 12.7. The van der Waals surface area contributed by atoms with Crippen LogP contribution in [0.3, 0.4) is 0 Å². The zero-order chi connectivity index (χ0) is 63.3. The highest BCUT2D eigenvalue weighted by Crippen LogP contribution is 2.53. The van der Waals surface area contributed by atoms with E-state index in [1.54, 1.807) is 74.1 Å². The van der Waals surface area contributed by atoms with Gasteiger partial charge in [-0.2, -0.15) is 26.3 Å². The number of hydrogen-bond donors (Lipinski definition) is 1. The zero-order valence-electron chi connectivity index (χ0n) is 48.6. The fourth-order valence-corrected chi connectivity index (χ4v) is 11.3. The molecular weight excluding hydrogens is 1260 g/mol. The number of hydrogen-bond acceptors (Lipinski definition) is 14. The molecule has 4 aliphatic rings. The number of ketones is 1. The minimum absolute atomic E-state index is 0. The van der Waals surface area contributed by atoms with Crippen LogP contribution in [0.25, 0.3) is 22.2 Å². The summed E-state index contributed by atoms with van der Waals surface area (Å²) >= 11 is 16.4. The molecule has 2 fully saturated rings. The van der Waals surface area contributed by atoms with Crippen molar-refractivity contribution in [2.24, 2.45) is 21.1 Å². The number of likely N-dealkylation sites (N-methyl/N-ethyl adjacent to an activating group) is 1. The highest BCUT2D eigenvalue weighted by Gasteiger charge is 2.60. The number of fused-ring (bicyclic) bond motifs is 4. The number of nitrogens with zero attached hydrogens (tertiary/aromatic N) is 12. The van der Waals surface area contributed by atoms with Crippen molar-refractivity contribution in [3.63, 3.8) is 0 Å². The Kier molecular flexibility index (Phi) is 21.8. The second-order valence-corrected chi connectivity index (χ2v) is 23.5. The lowest BCUT2D eigenvalue weighted by Gasteiger charge is -2.40. The number of aliphatic hydroxyl groups is 1. The maximum Gasteiger partial charge on any atom is 0.456 e. The van der Waals surface area contributed by atoms with Crippen LogP contribution in [0.5, 0.6) is 0 Å². The van der Waals surface area contributed by atoms with E-state index in [-0.39, 0.29) is 35.6 Å². The van der Waals surface area contributed by atoms with Crippen molar-refractivity contribution in [1.29, 1.82) is 0 Å². The van der Waals surface area contributed by atoms with Crippen LogP contribution >= 0.6 is 39.1 Å². The maximum atomic E-state index is 15.0. The van der Waals surface area contributed by atoms with Crippen molar-refractivity contribution in [2.75, 3.05) is 66.5 Å². The van der Waals surface area contributed by atoms with E-state index in [9.17, 15) is 45.8 Å². The number of aromatic nitrogens is 8. The third-order valence-corrected chi connectivity index (χ3v) is 15.9. The lowest BCUT2D eigenvalue weighted by molar-refractivity contribution is -0.242. The molecule has 470 valence electrons. The molecule has 2 saturated heterocycles. The Morgan fingerprint density at radius 3 is 1.59 bits per heavy atom. The number of carbonyl (C=O) groups is 3. The maximum absolute atomic E-state index is 15.0. The van der Waals surface area contributed by atoms with Gasteiger partial charge in [-0.25, -0.2) is 24.5 Å². The number of Topliss-reactive ketones (excluding diaryl/α,β-unsaturated/α-hetero) is 1. The molecule has 7 heterocycles. The summed E-state index contributed by atoms with van der Waals surface area (Å²) in [6.07, 6.45) is 3.90. The van der Waals surface area contributed by atoms with Crippen molar-refractivity contribution in [1.82, 2.24) is 58.2 Å². The van der Waals surface area contributed by atoms with Crippen LogP contribution in [-0.2, 0) is 36.2 Å². The van der Waals surface area contributed by atoms with Gasteiger partial charge in [0.1, 0.15) is 17.0 Å². The number of methoxy groups -OCH3 is 1. The van der Waals surface area contributed by atoms with Gasteiger partial charge in [0.25, 0.3) is 5.78 Å². The average molecular weight is 1330 g/mol. The Bertz CT molecular complexity index is 3680. The number of ether oxygens (including phenoxy) is 2. The van der Waals surface area contributed by atoms with Crippen molar-refractivity contribution < 1.29 is 55.3 Å². The Labute approximate surface area is 524 Å². The summed E-state index contributed by atoms with van der Waals surface area (Å²) in [5.41, 5.74) is 1.49. The lowest BCUT2D eigenvalue weighted by Crippen LogP contribution is -2.51. The molecule has 11 rings (SSSR count). The number of pyridine rings is 2. The molecule has 2 aliphatic heterocycles. The highest BCUT2D eigenvalue weighted by molar-refractivity contribution is 9.15. The predicted molar refractivity (Wildman–Crippen MR) is 326 cm³/mol. The van der Waals surface area contributed by atoms with Crippen LogP contribution in [0.1, 0.15) is 112 Å². The topological polar surface area (TPSA) is 182 Å². The first kappa shape index (κ1) is 68.2. The second kappa shape index (κ2) is 28.1. The van der Waals surface area contributed by atoms with Gasteiger partial charge in [0.05, 0.1) is 73.8 Å². The summed E-state index contributed by atoms with van der Waals surface area (Å²) in [7, 11) is 7.99. The molecule has 2 aliphatic carbocycles. The quantitative estimate of drug-likeness (QED) is 0.0943. The minimum Gasteiger partial charge on any atom is -0.464 e. The molecule has 5 aromatic heterocycles. The van der Waals surface area contributed by atoms with Gasteiger partial charge in [-0.05, 0) is 110 Å². The molecule has 3 atom stereocenters. The number of rotatable bonds is 6. The summed E-state index contributed by atoms with van der Waals surface area (Å²) in [4.78, 5) is 63.0. The number of piperazine rings is 2. The number of imidazole rings is 3. The molecule has 7 aromatic rings. The van der Waals surface area contributed by atoms with Gasteiger partial charge >= 0.3 is 24.4 Å². The molecule has 88 heavy (non-hydrogen) atoms. The van der Waals surface area contributed by atoms with Gasteiger partial charge in [0.2, 0.25) is 5.60 Å². The standard InChI is InChI=1S/C29H31ClF3N5O3.C19H19BrClN3.C6H5F3N2O.C6H8N2O2.CH4/c1-27(2,3)41-26(39)38-12-10-37(11-13-38)25-20-8-7-19(30)15-21(20)22(14-18-6-5-9-35-24(18)25)28(40,29(31,32)33)23-16-34-17-36(23)4;1-23-7-9-24(10-8-23)19-15-5-4-14(21)12-16(15)17(20)11-13-3-2-6-22-18(13)19;1-11-3-10-2-4(11)5(12)6(7,8)9;1-8-4-7-3-5(8)6(9)10-2;/h5-9,14-17,25,40H,10-13H2,1-4H3;2-6,11-12,19H,7-10H2,1H3;2-3H,1H3;3-4H,1-2H3;1H4/t25-,28?;19-;;;/m00.../s1. The number of carbonyl (C=O) groups excluding carboxylic acids is 3. The van der Waals surface area contributed by atoms with Crippen molar-refractivity contribution in [3.8, 4) is 0 Å². The first-order valence-corrected chi connectivity index (χ1v) is 28.7. The van der Waals surface area contributed by atoms with Gasteiger partial charge in [0, 0.05) is 106 Å². The summed E-state index contributed by atoms with van der Waals surface area (Å²) in [5.74, 6) is -2.23. The molecule has 1 N–H and O–H groups in total. The van der Waals surface area contributed by atoms with E-state index in [2.05, 4.69) is 80.6 Å². The SMILES string of the molecule is C.CN1CCN([C@H]2c3ccc(Cl)cc3C(Br)=Cc3cccnc32)CC1.COC(=O)c1cncn1C.Cn1cncc1C(=O)C(F)(F)F.Cn1cncc1C(O)(C1=Cc2cccnc2[C@@H](N2CCN(C(=O)OC(C)(C)C)CC2)c2ccc(Cl)cc21)C(F)(F)F. The average Bonchev–Trinajstić information content (AvgIpc) is 1.47. The van der Waals surface area contributed by atoms with Crippen LogP contribution in [-0.4, -0.2) is 166 Å². The second-order valence-electron chi connectivity index (χ2n) is 21.8. The van der Waals surface area contributed by atoms with Crippen LogP contribution in [0, 0.1) is 0 Å². The number of aryl methyl sites for hydroxylation is 3. The van der Waals surface area contributed by atoms with Crippen LogP contribution < -0.4 is 0 Å². The van der Waals surface area contributed by atoms with Gasteiger partial charge < -0.3 is 38.1 Å². The van der Waals surface area contributed by atoms with E-state index in [0.717, 1.165) is 74.8 Å². The first-order valence-electron chi connectivity index (χ1n) is 27.1. The Morgan fingerprint density at radius 2 is 1.12 bits per heavy atom. The van der Waals surface area contributed by atoms with Gasteiger partial charge in [-0.15, -0.1) is 0 Å². The van der Waals surface area contributed by atoms with Crippen molar-refractivity contribution >= 4 is 79.2 Å². The van der Waals surface area contributed by atoms with Crippen LogP contribution in [0.2, 0.25) is 10.0 Å². The Morgan fingerprint density at radius 1 is 0.648 bits per heavy atom. The van der Waals surface area contributed by atoms with Crippen LogP contribution in [0.15, 0.2) is 111 Å². The van der Waals surface area contributed by atoms with Gasteiger partial charge in [-0.1, -0.05) is 70.8 Å². The Hall–Kier alpha value is -7.26. The molecule has 0 radical (unpaired) electrons. The predicted octanol–water partition coefficient (Wildman–Crippen LogP) is 11.7. The van der Waals surface area contributed by atoms with Gasteiger partial charge in [0.15, 0.2) is 0 Å². The highest BCUT2D eigenvalue weighted by atomic mass is 79.9. The smallest absolute Gasteiger partial charge is 0.456 e. The third-order valence-electron chi connectivity index (χ3n) is 14.7. The summed E-state index contributed by atoms with van der Waals surface area (Å²) in [6.45, 7) is 11.2. The monoisotopic (exact) mass is 1330 g/mol. The normalized spacial score (nSPS) is 17.6. The largest absolute Gasteiger partial charge is 0.464 e. The summed E-state index contributed by atoms with van der Waals surface area (Å²) in [6, 6.07) is 18.0. The van der Waals surface area contributed by atoms with Crippen molar-refractivity contribution in [2.45, 2.75) is 63.8 Å². The number of alkyl halides is 6. The number of amides is 1. The van der Waals surface area contributed by atoms with Crippen LogP contribution in [0.4, 0.5) is 31.1 Å². The molecule has 1 unspecified atom stereocenters. The van der Waals surface area contributed by atoms with E-state index < -0.39 is 52.9 Å². The zero-order valence-corrected chi connectivity index (χ0v) is 51.7. The number of esters is 1. The van der Waals surface area contributed by atoms with E-state index >= 15 is 0 Å². The fraction of sp³-hybridized carbons (Fsp3) is 0.377. The molecule has 2 aromatic carbocycles. The molecule has 0 saturated carbocycles. The molecule has 1 amide bonds. The first-order chi connectivity index (χ1) is 41.0. The molecule has 0 spiro atoms. The summed E-state index contributed by atoms with van der Waals surface area (Å²) < 4.78 is 95.2. The van der Waals surface area contributed by atoms with Crippen molar-refractivity contribution in [3.05, 3.63) is 183 Å². The molecule has 27 heteroatoms.